The number of aromatic nitrogens is 6. The average Bonchev–Trinajstić information content (AvgIpc) is 3.41. The minimum atomic E-state index is -0.795. The monoisotopic (exact) mass is 402 g/mol. The van der Waals surface area contributed by atoms with Gasteiger partial charge in [0.25, 0.3) is 0 Å². The minimum absolute atomic E-state index is 0.0539. The molecule has 0 bridgehead atoms. The van der Waals surface area contributed by atoms with Crippen LogP contribution in [-0.2, 0) is 29.7 Å². The van der Waals surface area contributed by atoms with Crippen molar-refractivity contribution in [3.8, 4) is 0 Å². The number of carbonyl (C=O) groups is 2. The molecule has 156 valence electrons. The molecule has 1 amide bonds. The summed E-state index contributed by atoms with van der Waals surface area (Å²) in [6.45, 7) is 5.74. The maximum Gasteiger partial charge on any atom is 0.303 e. The van der Waals surface area contributed by atoms with E-state index in [1.807, 2.05) is 22.8 Å². The van der Waals surface area contributed by atoms with Crippen LogP contribution in [0.2, 0.25) is 0 Å². The van der Waals surface area contributed by atoms with Crippen molar-refractivity contribution in [2.45, 2.75) is 32.9 Å². The normalized spacial score (nSPS) is 24.2. The van der Waals surface area contributed by atoms with Crippen molar-refractivity contribution in [1.82, 2.24) is 39.8 Å². The van der Waals surface area contributed by atoms with Crippen LogP contribution in [0.4, 0.5) is 0 Å². The molecule has 2 aliphatic rings. The fourth-order valence-electron chi connectivity index (χ4n) is 4.74. The van der Waals surface area contributed by atoms with Gasteiger partial charge in [-0.05, 0) is 24.5 Å². The van der Waals surface area contributed by atoms with Crippen LogP contribution in [0, 0.1) is 18.3 Å². The second kappa shape index (κ2) is 7.54. The van der Waals surface area contributed by atoms with Gasteiger partial charge in [-0.1, -0.05) is 0 Å². The molecule has 11 heteroatoms. The maximum atomic E-state index is 12.7. The Bertz CT molecular complexity index is 895. The highest BCUT2D eigenvalue weighted by Crippen LogP contribution is 2.46. The van der Waals surface area contributed by atoms with Crippen LogP contribution in [0.15, 0.2) is 12.5 Å². The molecule has 0 radical (unpaired) electrons. The largest absolute Gasteiger partial charge is 0.481 e. The SMILES string of the molecule is Cc1c(CN2CC3CN(C(=O)Cn4ncnn4)CC3(CCC(=O)O)C2)cnn1C. The number of carboxylic acid groups (broad SMARTS) is 1. The van der Waals surface area contributed by atoms with Crippen molar-refractivity contribution >= 4 is 11.9 Å². The van der Waals surface area contributed by atoms with E-state index in [1.54, 1.807) is 0 Å². The number of carbonyl (C=O) groups excluding carboxylic acids is 1. The van der Waals surface area contributed by atoms with Gasteiger partial charge in [0.15, 0.2) is 6.33 Å². The maximum absolute atomic E-state index is 12.7. The molecule has 2 atom stereocenters. The summed E-state index contributed by atoms with van der Waals surface area (Å²) in [7, 11) is 1.93. The fraction of sp³-hybridized carbons (Fsp3) is 0.667. The van der Waals surface area contributed by atoms with E-state index in [1.165, 1.54) is 16.7 Å². The van der Waals surface area contributed by atoms with Crippen LogP contribution in [0.3, 0.4) is 0 Å². The Labute approximate surface area is 168 Å². The molecule has 4 rings (SSSR count). The van der Waals surface area contributed by atoms with Gasteiger partial charge in [-0.25, -0.2) is 0 Å². The third kappa shape index (κ3) is 3.86. The molecule has 0 aromatic carbocycles. The summed E-state index contributed by atoms with van der Waals surface area (Å²) in [6.07, 6.45) is 3.89. The van der Waals surface area contributed by atoms with Crippen LogP contribution >= 0.6 is 0 Å². The Balaban J connectivity index is 1.46. The standard InChI is InChI=1S/C18H26N8O3/c1-13-14(5-20-23(13)2)6-24-7-15-8-25(16(27)9-26-21-12-19-22-26)11-18(15,10-24)4-3-17(28)29/h5,12,15H,3-4,6-11H2,1-2H3,(H,28,29). The number of amides is 1. The lowest BCUT2D eigenvalue weighted by Crippen LogP contribution is -2.38. The van der Waals surface area contributed by atoms with Gasteiger partial charge in [-0.2, -0.15) is 9.90 Å². The molecule has 29 heavy (non-hydrogen) atoms. The van der Waals surface area contributed by atoms with Crippen molar-refractivity contribution < 1.29 is 14.7 Å². The van der Waals surface area contributed by atoms with Crippen molar-refractivity contribution in [2.24, 2.45) is 18.4 Å². The van der Waals surface area contributed by atoms with Crippen molar-refractivity contribution in [2.75, 3.05) is 26.2 Å². The summed E-state index contributed by atoms with van der Waals surface area (Å²) in [5.41, 5.74) is 2.13. The van der Waals surface area contributed by atoms with Gasteiger partial charge < -0.3 is 10.0 Å². The first-order chi connectivity index (χ1) is 13.9. The summed E-state index contributed by atoms with van der Waals surface area (Å²) >= 11 is 0. The molecule has 0 saturated carbocycles. The number of likely N-dealkylation sites (tertiary alicyclic amines) is 2. The predicted molar refractivity (Wildman–Crippen MR) is 100 cm³/mol. The molecule has 0 spiro atoms. The number of fused-ring (bicyclic) bond motifs is 1. The van der Waals surface area contributed by atoms with Crippen LogP contribution in [0.5, 0.6) is 0 Å². The molecule has 4 heterocycles. The Morgan fingerprint density at radius 2 is 2.10 bits per heavy atom. The van der Waals surface area contributed by atoms with Gasteiger partial charge in [0, 0.05) is 62.9 Å². The third-order valence-corrected chi connectivity index (χ3v) is 6.42. The molecule has 1 N–H and O–H groups in total. The molecule has 2 unspecified atom stereocenters. The van der Waals surface area contributed by atoms with Gasteiger partial charge >= 0.3 is 5.97 Å². The quantitative estimate of drug-likeness (QED) is 0.660. The highest BCUT2D eigenvalue weighted by atomic mass is 16.4. The molecule has 2 aliphatic heterocycles. The van der Waals surface area contributed by atoms with E-state index in [0.717, 1.165) is 25.3 Å². The van der Waals surface area contributed by atoms with Crippen molar-refractivity contribution in [3.63, 3.8) is 0 Å². The highest BCUT2D eigenvalue weighted by Gasteiger charge is 2.53. The van der Waals surface area contributed by atoms with Gasteiger partial charge in [0.1, 0.15) is 6.54 Å². The molecule has 2 aromatic rings. The third-order valence-electron chi connectivity index (χ3n) is 6.42. The number of aryl methyl sites for hydroxylation is 1. The Morgan fingerprint density at radius 3 is 2.76 bits per heavy atom. The zero-order valence-corrected chi connectivity index (χ0v) is 16.7. The lowest BCUT2D eigenvalue weighted by Gasteiger charge is -2.29. The first kappa shape index (κ1) is 19.5. The van der Waals surface area contributed by atoms with E-state index in [-0.39, 0.29) is 30.2 Å². The summed E-state index contributed by atoms with van der Waals surface area (Å²) in [5.74, 6) is -0.593. The summed E-state index contributed by atoms with van der Waals surface area (Å²) in [5, 5.41) is 24.9. The average molecular weight is 402 g/mol. The van der Waals surface area contributed by atoms with E-state index in [2.05, 4.69) is 32.3 Å². The first-order valence-corrected chi connectivity index (χ1v) is 9.76. The van der Waals surface area contributed by atoms with Crippen LogP contribution < -0.4 is 0 Å². The number of aliphatic carboxylic acids is 1. The van der Waals surface area contributed by atoms with Gasteiger partial charge in [-0.15, -0.1) is 10.2 Å². The molecular formula is C18H26N8O3. The predicted octanol–water partition coefficient (Wildman–Crippen LogP) is -0.460. The Kier molecular flexibility index (Phi) is 5.07. The molecule has 2 fully saturated rings. The molecule has 2 aromatic heterocycles. The van der Waals surface area contributed by atoms with Gasteiger partial charge in [-0.3, -0.25) is 19.2 Å². The molecule has 11 nitrogen and oxygen atoms in total. The van der Waals surface area contributed by atoms with E-state index >= 15 is 0 Å². The van der Waals surface area contributed by atoms with Crippen LogP contribution in [-0.4, -0.2) is 82.9 Å². The number of hydrogen-bond donors (Lipinski definition) is 1. The smallest absolute Gasteiger partial charge is 0.303 e. The second-order valence-electron chi connectivity index (χ2n) is 8.24. The number of carboxylic acids is 1. The highest BCUT2D eigenvalue weighted by molar-refractivity contribution is 5.76. The minimum Gasteiger partial charge on any atom is -0.481 e. The fourth-order valence-corrected chi connectivity index (χ4v) is 4.74. The van der Waals surface area contributed by atoms with Crippen LogP contribution in [0.1, 0.15) is 24.1 Å². The lowest BCUT2D eigenvalue weighted by atomic mass is 9.77. The molecular weight excluding hydrogens is 376 g/mol. The molecule has 2 saturated heterocycles. The van der Waals surface area contributed by atoms with Crippen molar-refractivity contribution in [3.05, 3.63) is 23.8 Å². The Hall–Kier alpha value is -2.82. The van der Waals surface area contributed by atoms with E-state index in [9.17, 15) is 14.7 Å². The number of tetrazole rings is 1. The second-order valence-corrected chi connectivity index (χ2v) is 8.24. The van der Waals surface area contributed by atoms with Crippen molar-refractivity contribution in [1.29, 1.82) is 0 Å². The zero-order valence-electron chi connectivity index (χ0n) is 16.7. The van der Waals surface area contributed by atoms with E-state index in [0.29, 0.717) is 19.5 Å². The summed E-state index contributed by atoms with van der Waals surface area (Å²) in [4.78, 5) is 29.4. The van der Waals surface area contributed by atoms with Crippen LogP contribution in [0.25, 0.3) is 0 Å². The number of nitrogens with zero attached hydrogens (tertiary/aromatic N) is 8. The summed E-state index contributed by atoms with van der Waals surface area (Å²) in [6, 6.07) is 0. The number of hydrogen-bond acceptors (Lipinski definition) is 7. The molecule has 0 aliphatic carbocycles. The zero-order chi connectivity index (χ0) is 20.6. The van der Waals surface area contributed by atoms with E-state index in [4.69, 9.17) is 0 Å². The van der Waals surface area contributed by atoms with Gasteiger partial charge in [0.05, 0.1) is 6.20 Å². The number of rotatable bonds is 7. The lowest BCUT2D eigenvalue weighted by molar-refractivity contribution is -0.137. The topological polar surface area (TPSA) is 122 Å². The summed E-state index contributed by atoms with van der Waals surface area (Å²) < 4.78 is 1.87. The first-order valence-electron chi connectivity index (χ1n) is 9.76. The van der Waals surface area contributed by atoms with Gasteiger partial charge in [0.2, 0.25) is 5.91 Å². The van der Waals surface area contributed by atoms with E-state index < -0.39 is 5.97 Å². The Morgan fingerprint density at radius 1 is 1.28 bits per heavy atom.